The van der Waals surface area contributed by atoms with Gasteiger partial charge in [0, 0.05) is 14.2 Å². The van der Waals surface area contributed by atoms with Gasteiger partial charge in [-0.15, -0.1) is 0 Å². The van der Waals surface area contributed by atoms with E-state index in [1.54, 1.807) is 14.2 Å². The largest absolute Gasteiger partial charge is 0.388 e. The van der Waals surface area contributed by atoms with Crippen molar-refractivity contribution in [2.45, 2.75) is 31.2 Å². The lowest BCUT2D eigenvalue weighted by atomic mass is 10.2. The van der Waals surface area contributed by atoms with Gasteiger partial charge in [-0.05, 0) is 12.8 Å². The van der Waals surface area contributed by atoms with Gasteiger partial charge in [-0.2, -0.15) is 0 Å². The number of hydrogen-bond acceptors (Lipinski definition) is 3. The first kappa shape index (κ1) is 7.98. The van der Waals surface area contributed by atoms with Crippen LogP contribution in [0.5, 0.6) is 0 Å². The van der Waals surface area contributed by atoms with Crippen molar-refractivity contribution in [1.82, 2.24) is 0 Å². The van der Waals surface area contributed by atoms with Crippen LogP contribution in [0.25, 0.3) is 0 Å². The van der Waals surface area contributed by atoms with E-state index in [9.17, 15) is 5.11 Å². The van der Waals surface area contributed by atoms with Gasteiger partial charge in [0.2, 0.25) is 0 Å². The van der Waals surface area contributed by atoms with Gasteiger partial charge in [-0.3, -0.25) is 0 Å². The molecule has 0 saturated heterocycles. The minimum absolute atomic E-state index is 0.0232. The summed E-state index contributed by atoms with van der Waals surface area (Å²) in [6, 6.07) is 0. The first-order chi connectivity index (χ1) is 4.79. The fourth-order valence-corrected chi connectivity index (χ4v) is 1.42. The molecule has 1 saturated carbocycles. The Kier molecular flexibility index (Phi) is 2.65. The van der Waals surface area contributed by atoms with Crippen molar-refractivity contribution in [1.29, 1.82) is 0 Å². The third kappa shape index (κ3) is 1.31. The molecular weight excluding hydrogens is 132 g/mol. The average Bonchev–Trinajstić information content (AvgIpc) is 2.30. The minimum atomic E-state index is -0.435. The minimum Gasteiger partial charge on any atom is -0.388 e. The molecule has 1 rings (SSSR count). The standard InChI is InChI=1S/C7H14O3/c1-9-5-3-4-6(10-2)7(5)8/h5-8H,3-4H2,1-2H3/t5-,6-/m1/s1. The number of methoxy groups -OCH3 is 2. The summed E-state index contributed by atoms with van der Waals surface area (Å²) in [7, 11) is 3.23. The zero-order chi connectivity index (χ0) is 7.56. The van der Waals surface area contributed by atoms with Gasteiger partial charge in [0.05, 0.1) is 12.2 Å². The van der Waals surface area contributed by atoms with Crippen LogP contribution in [0, 0.1) is 0 Å². The first-order valence-corrected chi connectivity index (χ1v) is 3.53. The third-order valence-corrected chi connectivity index (χ3v) is 2.10. The molecule has 0 bridgehead atoms. The molecule has 60 valence electrons. The first-order valence-electron chi connectivity index (χ1n) is 3.53. The Morgan fingerprint density at radius 3 is 1.70 bits per heavy atom. The summed E-state index contributed by atoms with van der Waals surface area (Å²) >= 11 is 0. The van der Waals surface area contributed by atoms with Crippen molar-refractivity contribution in [2.24, 2.45) is 0 Å². The second-order valence-electron chi connectivity index (χ2n) is 2.62. The van der Waals surface area contributed by atoms with E-state index in [-0.39, 0.29) is 12.2 Å². The highest BCUT2D eigenvalue weighted by Crippen LogP contribution is 2.23. The Morgan fingerprint density at radius 2 is 1.50 bits per heavy atom. The summed E-state index contributed by atoms with van der Waals surface area (Å²) in [4.78, 5) is 0. The maximum atomic E-state index is 9.40. The van der Waals surface area contributed by atoms with Crippen LogP contribution in [0.2, 0.25) is 0 Å². The number of aliphatic hydroxyl groups is 1. The summed E-state index contributed by atoms with van der Waals surface area (Å²) in [5.41, 5.74) is 0. The van der Waals surface area contributed by atoms with Crippen molar-refractivity contribution in [2.75, 3.05) is 14.2 Å². The van der Waals surface area contributed by atoms with E-state index in [0.29, 0.717) is 0 Å². The van der Waals surface area contributed by atoms with Crippen molar-refractivity contribution >= 4 is 0 Å². The summed E-state index contributed by atoms with van der Waals surface area (Å²) < 4.78 is 10.1. The van der Waals surface area contributed by atoms with E-state index in [4.69, 9.17) is 9.47 Å². The Hall–Kier alpha value is -0.120. The molecule has 10 heavy (non-hydrogen) atoms. The highest BCUT2D eigenvalue weighted by Gasteiger charge is 2.34. The summed E-state index contributed by atoms with van der Waals surface area (Å²) in [5.74, 6) is 0. The lowest BCUT2D eigenvalue weighted by Gasteiger charge is -2.16. The van der Waals surface area contributed by atoms with Gasteiger partial charge in [-0.1, -0.05) is 0 Å². The molecule has 3 nitrogen and oxygen atoms in total. The van der Waals surface area contributed by atoms with Gasteiger partial charge in [0.1, 0.15) is 6.10 Å². The average molecular weight is 146 g/mol. The molecule has 0 amide bonds. The molecule has 1 aliphatic carbocycles. The van der Waals surface area contributed by atoms with Gasteiger partial charge in [0.15, 0.2) is 0 Å². The number of hydrogen-bond donors (Lipinski definition) is 1. The highest BCUT2D eigenvalue weighted by atomic mass is 16.5. The van der Waals surface area contributed by atoms with Crippen LogP contribution in [0.4, 0.5) is 0 Å². The normalized spacial score (nSPS) is 35.1. The molecule has 0 aromatic carbocycles. The van der Waals surface area contributed by atoms with Crippen molar-refractivity contribution in [3.8, 4) is 0 Å². The fraction of sp³-hybridized carbons (Fsp3) is 1.00. The van der Waals surface area contributed by atoms with Crippen LogP contribution < -0.4 is 0 Å². The van der Waals surface area contributed by atoms with E-state index in [1.165, 1.54) is 0 Å². The zero-order valence-corrected chi connectivity index (χ0v) is 6.41. The number of aliphatic hydroxyl groups excluding tert-OH is 1. The van der Waals surface area contributed by atoms with Crippen molar-refractivity contribution in [3.05, 3.63) is 0 Å². The van der Waals surface area contributed by atoms with Crippen LogP contribution >= 0.6 is 0 Å². The maximum absolute atomic E-state index is 9.40. The molecule has 0 aromatic heterocycles. The number of rotatable bonds is 2. The van der Waals surface area contributed by atoms with Crippen molar-refractivity contribution in [3.63, 3.8) is 0 Å². The SMILES string of the molecule is CO[C@@H]1CC[C@@H](OC)C1O. The van der Waals surface area contributed by atoms with Crippen LogP contribution in [0.15, 0.2) is 0 Å². The van der Waals surface area contributed by atoms with Crippen LogP contribution in [-0.4, -0.2) is 37.6 Å². The molecule has 0 radical (unpaired) electrons. The number of ether oxygens (including phenoxy) is 2. The highest BCUT2D eigenvalue weighted by molar-refractivity contribution is 4.85. The van der Waals surface area contributed by atoms with Crippen LogP contribution in [0.3, 0.4) is 0 Å². The van der Waals surface area contributed by atoms with Crippen LogP contribution in [0.1, 0.15) is 12.8 Å². The molecular formula is C7H14O3. The van der Waals surface area contributed by atoms with E-state index in [2.05, 4.69) is 0 Å². The van der Waals surface area contributed by atoms with E-state index >= 15 is 0 Å². The zero-order valence-electron chi connectivity index (χ0n) is 6.41. The van der Waals surface area contributed by atoms with Gasteiger partial charge >= 0.3 is 0 Å². The van der Waals surface area contributed by atoms with E-state index in [1.807, 2.05) is 0 Å². The predicted octanol–water partition coefficient (Wildman–Crippen LogP) is 0.171. The molecule has 0 spiro atoms. The summed E-state index contributed by atoms with van der Waals surface area (Å²) in [6.07, 6.45) is 1.32. The molecule has 2 atom stereocenters. The molecule has 3 heteroatoms. The molecule has 0 heterocycles. The quantitative estimate of drug-likeness (QED) is 0.603. The monoisotopic (exact) mass is 146 g/mol. The molecule has 1 aliphatic rings. The second-order valence-corrected chi connectivity index (χ2v) is 2.62. The van der Waals surface area contributed by atoms with Crippen LogP contribution in [-0.2, 0) is 9.47 Å². The molecule has 1 N–H and O–H groups in total. The summed E-state index contributed by atoms with van der Waals surface area (Å²) in [6.45, 7) is 0. The maximum Gasteiger partial charge on any atom is 0.106 e. The van der Waals surface area contributed by atoms with Gasteiger partial charge in [-0.25, -0.2) is 0 Å². The van der Waals surface area contributed by atoms with Gasteiger partial charge < -0.3 is 14.6 Å². The smallest absolute Gasteiger partial charge is 0.106 e. The lowest BCUT2D eigenvalue weighted by molar-refractivity contribution is -0.0508. The van der Waals surface area contributed by atoms with E-state index in [0.717, 1.165) is 12.8 Å². The Labute approximate surface area is 60.9 Å². The summed E-state index contributed by atoms with van der Waals surface area (Å²) in [5, 5.41) is 9.40. The molecule has 0 aromatic rings. The van der Waals surface area contributed by atoms with Gasteiger partial charge in [0.25, 0.3) is 0 Å². The Bertz CT molecular complexity index is 93.0. The Morgan fingerprint density at radius 1 is 1.10 bits per heavy atom. The predicted molar refractivity (Wildman–Crippen MR) is 36.8 cm³/mol. The molecule has 0 aliphatic heterocycles. The molecule has 1 fully saturated rings. The second kappa shape index (κ2) is 3.32. The fourth-order valence-electron chi connectivity index (χ4n) is 1.42. The van der Waals surface area contributed by atoms with E-state index < -0.39 is 6.10 Å². The Balaban J connectivity index is 2.41. The topological polar surface area (TPSA) is 38.7 Å². The lowest BCUT2D eigenvalue weighted by Crippen LogP contribution is -2.31. The molecule has 0 unspecified atom stereocenters. The van der Waals surface area contributed by atoms with Crippen molar-refractivity contribution < 1.29 is 14.6 Å². The third-order valence-electron chi connectivity index (χ3n) is 2.10.